The highest BCUT2D eigenvalue weighted by atomic mass is 32.1. The van der Waals surface area contributed by atoms with E-state index in [0.29, 0.717) is 11.1 Å². The van der Waals surface area contributed by atoms with E-state index in [9.17, 15) is 18.0 Å². The first-order valence-corrected chi connectivity index (χ1v) is 7.89. The molecule has 0 saturated carbocycles. The van der Waals surface area contributed by atoms with Crippen LogP contribution in [0.5, 0.6) is 0 Å². The zero-order chi connectivity index (χ0) is 19.0. The molecule has 1 saturated heterocycles. The number of nitrogens with zero attached hydrogens (tertiary/aromatic N) is 3. The summed E-state index contributed by atoms with van der Waals surface area (Å²) < 4.78 is 53.0. The Kier molecular flexibility index (Phi) is 4.81. The average molecular weight is 386 g/mol. The number of nitrogens with one attached hydrogen (secondary N) is 1. The van der Waals surface area contributed by atoms with Crippen LogP contribution >= 0.6 is 12.2 Å². The second-order valence-electron chi connectivity index (χ2n) is 5.58. The molecule has 1 unspecified atom stereocenters. The molecule has 1 atom stereocenters. The Morgan fingerprint density at radius 3 is 2.77 bits per heavy atom. The number of cyclic esters (lactones) is 1. The van der Waals surface area contributed by atoms with Gasteiger partial charge in [-0.05, 0) is 13.8 Å². The van der Waals surface area contributed by atoms with Gasteiger partial charge in [-0.3, -0.25) is 4.90 Å². The van der Waals surface area contributed by atoms with Gasteiger partial charge in [-0.1, -0.05) is 17.4 Å². The molecule has 1 fully saturated rings. The highest BCUT2D eigenvalue weighted by molar-refractivity contribution is 7.80. The minimum absolute atomic E-state index is 0.0940. The second kappa shape index (κ2) is 6.90. The van der Waals surface area contributed by atoms with Crippen molar-refractivity contribution in [2.45, 2.75) is 20.0 Å². The molecule has 26 heavy (non-hydrogen) atoms. The van der Waals surface area contributed by atoms with Crippen molar-refractivity contribution in [2.24, 2.45) is 0 Å². The van der Waals surface area contributed by atoms with E-state index in [4.69, 9.17) is 21.5 Å². The molecule has 0 spiro atoms. The topological polar surface area (TPSA) is 80.5 Å². The van der Waals surface area contributed by atoms with Crippen molar-refractivity contribution in [2.75, 3.05) is 18.0 Å². The zero-order valence-electron chi connectivity index (χ0n) is 13.7. The molecule has 1 amide bonds. The fourth-order valence-corrected chi connectivity index (χ4v) is 2.54. The molecule has 11 heteroatoms. The number of carbonyl (C=O) groups excluding carboxylic acids is 1. The number of ether oxygens (including phenoxy) is 1. The monoisotopic (exact) mass is 386 g/mol. The standard InChI is InChI=1S/C15H13F3N4O3S/c1-6-20-14(25-21-6)11-9(16)3-10(12(17)13(11)18)22-5-8(24-15(22)23)4-19-7(2)26/h3,8H,4-5H2,1-2H3,(H,19,26). The van der Waals surface area contributed by atoms with Crippen molar-refractivity contribution >= 4 is 29.0 Å². The fourth-order valence-electron chi connectivity index (χ4n) is 2.46. The molecule has 1 N–H and O–H groups in total. The van der Waals surface area contributed by atoms with Crippen LogP contribution in [-0.4, -0.2) is 40.4 Å². The molecule has 7 nitrogen and oxygen atoms in total. The Labute approximate surface area is 151 Å². The summed E-state index contributed by atoms with van der Waals surface area (Å²) in [5.74, 6) is -4.46. The third kappa shape index (κ3) is 3.34. The van der Waals surface area contributed by atoms with E-state index < -0.39 is 46.8 Å². The summed E-state index contributed by atoms with van der Waals surface area (Å²) in [6, 6.07) is 0.689. The molecule has 1 aromatic heterocycles. The summed E-state index contributed by atoms with van der Waals surface area (Å²) in [5, 5.41) is 6.23. The van der Waals surface area contributed by atoms with Gasteiger partial charge >= 0.3 is 6.09 Å². The molecule has 1 aromatic carbocycles. The number of thiocarbonyl (C=S) groups is 1. The summed E-state index contributed by atoms with van der Waals surface area (Å²) in [5.41, 5.74) is -1.37. The Morgan fingerprint density at radius 1 is 1.42 bits per heavy atom. The molecule has 2 heterocycles. The predicted octanol–water partition coefficient (Wildman–Crippen LogP) is 2.72. The number of halogens is 3. The highest BCUT2D eigenvalue weighted by Crippen LogP contribution is 2.34. The lowest BCUT2D eigenvalue weighted by Crippen LogP contribution is -2.33. The highest BCUT2D eigenvalue weighted by Gasteiger charge is 2.36. The van der Waals surface area contributed by atoms with Gasteiger partial charge in [0.05, 0.1) is 23.8 Å². The normalized spacial score (nSPS) is 16.7. The van der Waals surface area contributed by atoms with Gasteiger partial charge in [0, 0.05) is 6.07 Å². The fraction of sp³-hybridized carbons (Fsp3) is 0.333. The number of amides is 1. The average Bonchev–Trinajstić information content (AvgIpc) is 3.15. The largest absolute Gasteiger partial charge is 0.442 e. The Balaban J connectivity index is 1.92. The molecule has 0 radical (unpaired) electrons. The predicted molar refractivity (Wildman–Crippen MR) is 88.2 cm³/mol. The van der Waals surface area contributed by atoms with Crippen LogP contribution in [0.1, 0.15) is 12.7 Å². The molecule has 0 bridgehead atoms. The Hall–Kier alpha value is -2.69. The summed E-state index contributed by atoms with van der Waals surface area (Å²) in [6.45, 7) is 3.20. The molecule has 0 aliphatic carbocycles. The van der Waals surface area contributed by atoms with Crippen LogP contribution in [-0.2, 0) is 4.74 Å². The third-order valence-electron chi connectivity index (χ3n) is 3.62. The maximum Gasteiger partial charge on any atom is 0.414 e. The van der Waals surface area contributed by atoms with E-state index in [-0.39, 0.29) is 18.9 Å². The van der Waals surface area contributed by atoms with Gasteiger partial charge in [0.25, 0.3) is 5.89 Å². The minimum atomic E-state index is -1.53. The SMILES string of the molecule is CC(=S)NCC1CN(c2cc(F)c(-c3nc(C)no3)c(F)c2F)C(=O)O1. The van der Waals surface area contributed by atoms with Crippen molar-refractivity contribution in [3.8, 4) is 11.5 Å². The van der Waals surface area contributed by atoms with Crippen LogP contribution in [0, 0.1) is 24.4 Å². The van der Waals surface area contributed by atoms with Crippen LogP contribution < -0.4 is 10.2 Å². The summed E-state index contributed by atoms with van der Waals surface area (Å²) in [6.07, 6.45) is -1.57. The van der Waals surface area contributed by atoms with Gasteiger partial charge in [0.2, 0.25) is 0 Å². The smallest absolute Gasteiger partial charge is 0.414 e. The van der Waals surface area contributed by atoms with Crippen LogP contribution in [0.15, 0.2) is 10.6 Å². The van der Waals surface area contributed by atoms with Crippen molar-refractivity contribution in [3.63, 3.8) is 0 Å². The lowest BCUT2D eigenvalue weighted by molar-refractivity contribution is 0.143. The van der Waals surface area contributed by atoms with E-state index in [1.54, 1.807) is 6.92 Å². The number of hydrogen-bond acceptors (Lipinski definition) is 6. The number of rotatable bonds is 4. The van der Waals surface area contributed by atoms with Gasteiger partial charge in [-0.15, -0.1) is 0 Å². The first kappa shape index (κ1) is 18.1. The molecule has 1 aliphatic heterocycles. The number of aromatic nitrogens is 2. The van der Waals surface area contributed by atoms with E-state index >= 15 is 0 Å². The number of hydrogen-bond donors (Lipinski definition) is 1. The summed E-state index contributed by atoms with van der Waals surface area (Å²) in [4.78, 5) is 16.9. The van der Waals surface area contributed by atoms with Crippen LogP contribution in [0.4, 0.5) is 23.7 Å². The van der Waals surface area contributed by atoms with E-state index in [1.165, 1.54) is 6.92 Å². The van der Waals surface area contributed by atoms with Crippen LogP contribution in [0.25, 0.3) is 11.5 Å². The van der Waals surface area contributed by atoms with Gasteiger partial charge in [-0.2, -0.15) is 4.98 Å². The maximum atomic E-state index is 14.5. The lowest BCUT2D eigenvalue weighted by Gasteiger charge is -2.15. The molecule has 3 rings (SSSR count). The number of benzene rings is 1. The lowest BCUT2D eigenvalue weighted by atomic mass is 10.1. The number of aryl methyl sites for hydroxylation is 1. The summed E-state index contributed by atoms with van der Waals surface area (Å²) >= 11 is 4.86. The van der Waals surface area contributed by atoms with Gasteiger partial charge < -0.3 is 14.6 Å². The van der Waals surface area contributed by atoms with Gasteiger partial charge in [-0.25, -0.2) is 18.0 Å². The minimum Gasteiger partial charge on any atom is -0.442 e. The van der Waals surface area contributed by atoms with E-state index in [2.05, 4.69) is 15.5 Å². The van der Waals surface area contributed by atoms with E-state index in [0.717, 1.165) is 4.90 Å². The van der Waals surface area contributed by atoms with Crippen molar-refractivity contribution < 1.29 is 27.2 Å². The second-order valence-corrected chi connectivity index (χ2v) is 6.19. The van der Waals surface area contributed by atoms with Crippen LogP contribution in [0.3, 0.4) is 0 Å². The van der Waals surface area contributed by atoms with E-state index in [1.807, 2.05) is 0 Å². The quantitative estimate of drug-likeness (QED) is 0.639. The number of carbonyl (C=O) groups is 1. The van der Waals surface area contributed by atoms with Crippen LogP contribution in [0.2, 0.25) is 0 Å². The first-order valence-electron chi connectivity index (χ1n) is 7.48. The maximum absolute atomic E-state index is 14.5. The molecule has 138 valence electrons. The Bertz CT molecular complexity index is 889. The van der Waals surface area contributed by atoms with Crippen molar-refractivity contribution in [1.29, 1.82) is 0 Å². The van der Waals surface area contributed by atoms with Crippen molar-refractivity contribution in [3.05, 3.63) is 29.3 Å². The van der Waals surface area contributed by atoms with Crippen molar-refractivity contribution in [1.82, 2.24) is 15.5 Å². The first-order chi connectivity index (χ1) is 12.3. The Morgan fingerprint density at radius 2 is 2.15 bits per heavy atom. The zero-order valence-corrected chi connectivity index (χ0v) is 14.5. The number of anilines is 1. The molecular weight excluding hydrogens is 373 g/mol. The third-order valence-corrected chi connectivity index (χ3v) is 3.77. The van der Waals surface area contributed by atoms with Gasteiger partial charge in [0.1, 0.15) is 17.5 Å². The molecule has 1 aliphatic rings. The summed E-state index contributed by atoms with van der Waals surface area (Å²) in [7, 11) is 0. The molecule has 2 aromatic rings. The molecular formula is C15H13F3N4O3S. The van der Waals surface area contributed by atoms with Gasteiger partial charge in [0.15, 0.2) is 17.5 Å².